The van der Waals surface area contributed by atoms with Gasteiger partial charge >= 0.3 is 35.8 Å². The largest absolute Gasteiger partial charge is 0.460 e. The Morgan fingerprint density at radius 1 is 0.283 bits per heavy atom. The molecule has 6 saturated heterocycles. The molecule has 30 heteroatoms. The van der Waals surface area contributed by atoms with Gasteiger partial charge in [0.25, 0.3) is 0 Å². The van der Waals surface area contributed by atoms with Crippen molar-refractivity contribution in [2.24, 2.45) is 0 Å². The maximum absolute atomic E-state index is 11.0. The second-order valence-corrected chi connectivity index (χ2v) is 29.1. The summed E-state index contributed by atoms with van der Waals surface area (Å²) in [5.41, 5.74) is 1.09. The molecular weight excluding hydrogens is 1480 g/mol. The average molecular weight is 1620 g/mol. The van der Waals surface area contributed by atoms with Crippen LogP contribution in [0.15, 0.2) is 74.4 Å². The second-order valence-electron chi connectivity index (χ2n) is 29.1. The van der Waals surface area contributed by atoms with Crippen LogP contribution in [0.25, 0.3) is 0 Å². The van der Waals surface area contributed by atoms with Gasteiger partial charge in [-0.15, -0.1) is 0 Å². The van der Waals surface area contributed by atoms with Gasteiger partial charge in [-0.25, -0.2) is 28.8 Å². The highest BCUT2D eigenvalue weighted by molar-refractivity contribution is 5.87. The zero-order valence-corrected chi connectivity index (χ0v) is 69.2. The highest BCUT2D eigenvalue weighted by Gasteiger charge is 2.29. The number of ether oxygens (including phenoxy) is 18. The zero-order valence-electron chi connectivity index (χ0n) is 69.2. The maximum Gasteiger partial charge on any atom is 0.335 e. The van der Waals surface area contributed by atoms with Gasteiger partial charge in [0.2, 0.25) is 0 Å². The molecule has 0 bridgehead atoms. The standard InChI is InChI=1S/C12H20O4.3C11H18O4.2C10H16O4.6C3H6O/c1-9(2)12(14)16-8-7-15-11-6-4-3-5-10(11)13;2*1-8(2)11(13)15-7-14-10-6-4-3-5-9(10)12;1-2-11(13)15-8-7-14-10-6-4-3-5-9(10)12;2*1-2-10(12)14-7-13-9-6-4-3-5-8(9)11;6*1-3-2-4-3/h10-11,13H,1,3-8H2,2H3;2*9-10,12H,1,3-7H2,2H3;2,9-10,12H,1,3-8H2;2*2,8-9,11H,1,3-7H2;6*3H,2H2,1H3. The van der Waals surface area contributed by atoms with Crippen molar-refractivity contribution in [1.29, 1.82) is 0 Å². The fraction of sp³-hybridized carbons (Fsp3) is 0.783. The Bertz CT molecular complexity index is 2430. The molecule has 6 heterocycles. The van der Waals surface area contributed by atoms with Gasteiger partial charge in [-0.1, -0.05) is 117 Å². The van der Waals surface area contributed by atoms with E-state index in [1.807, 2.05) is 0 Å². The number of hydrogen-bond donors (Lipinski definition) is 6. The lowest BCUT2D eigenvalue weighted by molar-refractivity contribution is -0.166. The molecule has 30 nitrogen and oxygen atoms in total. The summed E-state index contributed by atoms with van der Waals surface area (Å²) >= 11 is 0. The Morgan fingerprint density at radius 3 is 0.637 bits per heavy atom. The number of hydrogen-bond acceptors (Lipinski definition) is 30. The van der Waals surface area contributed by atoms with Crippen molar-refractivity contribution < 1.29 is 145 Å². The molecule has 113 heavy (non-hydrogen) atoms. The van der Waals surface area contributed by atoms with E-state index in [-0.39, 0.29) is 89.2 Å². The van der Waals surface area contributed by atoms with Crippen LogP contribution in [0.5, 0.6) is 0 Å². The van der Waals surface area contributed by atoms with Gasteiger partial charge in [0.05, 0.1) is 163 Å². The van der Waals surface area contributed by atoms with Crippen LogP contribution in [-0.4, -0.2) is 270 Å². The van der Waals surface area contributed by atoms with Crippen molar-refractivity contribution in [2.45, 2.75) is 326 Å². The Balaban J connectivity index is 0.000000637. The molecule has 12 rings (SSSR count). The molecule has 0 aromatic carbocycles. The fourth-order valence-corrected chi connectivity index (χ4v) is 10.1. The first-order valence-electron chi connectivity index (χ1n) is 40.2. The molecule has 0 amide bonds. The molecule has 0 aromatic heterocycles. The third-order valence-corrected chi connectivity index (χ3v) is 17.8. The van der Waals surface area contributed by atoms with Crippen molar-refractivity contribution in [3.8, 4) is 0 Å². The number of carbonyl (C=O) groups excluding carboxylic acids is 6. The van der Waals surface area contributed by atoms with E-state index in [9.17, 15) is 59.4 Å². The van der Waals surface area contributed by atoms with Crippen LogP contribution in [0, 0.1) is 0 Å². The van der Waals surface area contributed by atoms with E-state index in [1.165, 1.54) is 0 Å². The fourth-order valence-electron chi connectivity index (χ4n) is 10.1. The average Bonchev–Trinajstić information content (AvgIpc) is 1.13. The van der Waals surface area contributed by atoms with Gasteiger partial charge in [0.15, 0.2) is 27.2 Å². The van der Waals surface area contributed by atoms with E-state index < -0.39 is 60.2 Å². The second kappa shape index (κ2) is 65.6. The first kappa shape index (κ1) is 106. The topological polar surface area (TPSA) is 410 Å². The van der Waals surface area contributed by atoms with E-state index in [2.05, 4.69) is 90.5 Å². The Morgan fingerprint density at radius 2 is 0.451 bits per heavy atom. The molecule has 0 aromatic rings. The summed E-state index contributed by atoms with van der Waals surface area (Å²) in [6, 6.07) is 0. The monoisotopic (exact) mass is 1620 g/mol. The maximum atomic E-state index is 11.0. The molecule has 0 radical (unpaired) electrons. The predicted octanol–water partition coefficient (Wildman–Crippen LogP) is 9.65. The Labute approximate surface area is 671 Å². The van der Waals surface area contributed by atoms with Crippen molar-refractivity contribution in [3.05, 3.63) is 74.4 Å². The van der Waals surface area contributed by atoms with Crippen molar-refractivity contribution in [3.63, 3.8) is 0 Å². The number of aliphatic hydroxyl groups excluding tert-OH is 6. The van der Waals surface area contributed by atoms with Crippen LogP contribution in [0.3, 0.4) is 0 Å². The van der Waals surface area contributed by atoms with Crippen LogP contribution in [0.4, 0.5) is 0 Å². The lowest BCUT2D eigenvalue weighted by Gasteiger charge is -2.27. The summed E-state index contributed by atoms with van der Waals surface area (Å²) in [6.07, 6.45) is 25.8. The van der Waals surface area contributed by atoms with Gasteiger partial charge in [-0.2, -0.15) is 0 Å². The van der Waals surface area contributed by atoms with E-state index in [1.54, 1.807) is 20.8 Å². The van der Waals surface area contributed by atoms with Crippen LogP contribution < -0.4 is 0 Å². The van der Waals surface area contributed by atoms with Gasteiger partial charge in [-0.3, -0.25) is 0 Å². The lowest BCUT2D eigenvalue weighted by Crippen LogP contribution is -2.33. The van der Waals surface area contributed by atoms with E-state index in [4.69, 9.17) is 75.8 Å². The van der Waals surface area contributed by atoms with Gasteiger partial charge in [0.1, 0.15) is 13.2 Å². The van der Waals surface area contributed by atoms with Crippen LogP contribution in [0.2, 0.25) is 0 Å². The summed E-state index contributed by atoms with van der Waals surface area (Å²) < 4.78 is 88.7. The molecule has 12 fully saturated rings. The predicted molar refractivity (Wildman–Crippen MR) is 419 cm³/mol. The van der Waals surface area contributed by atoms with Crippen molar-refractivity contribution in [2.75, 3.05) is 93.2 Å². The SMILES string of the molecule is C=C(C)C(=O)OCCOC1CCCCC1O.C=C(C)C(=O)OCOC1CCCCC1O.C=C(C)C(=O)OCOC1CCCCC1O.C=CC(=O)OCCOC1CCCCC1O.C=CC(=O)OCOC1CCCCC1O.C=CC(=O)OCOC1CCCCC1O.CC1CO1.CC1CO1.CC1CO1.CC1CO1.CC1CO1.CC1CO1. The smallest absolute Gasteiger partial charge is 0.335 e. The number of epoxide rings is 6. The van der Waals surface area contributed by atoms with Crippen LogP contribution in [-0.2, 0) is 114 Å². The number of rotatable bonds is 26. The van der Waals surface area contributed by atoms with Gasteiger partial charge in [-0.05, 0) is 139 Å². The summed E-state index contributed by atoms with van der Waals surface area (Å²) in [5.74, 6) is -2.76. The molecule has 0 spiro atoms. The number of esters is 6. The molecule has 6 aliphatic carbocycles. The van der Waals surface area contributed by atoms with Crippen LogP contribution >= 0.6 is 0 Å². The molecule has 6 N–H and O–H groups in total. The highest BCUT2D eigenvalue weighted by Crippen LogP contribution is 2.26. The Hall–Kier alpha value is -5.46. The zero-order chi connectivity index (χ0) is 84.3. The first-order valence-corrected chi connectivity index (χ1v) is 40.2. The minimum absolute atomic E-state index is 0.0961. The third-order valence-electron chi connectivity index (χ3n) is 17.8. The number of aliphatic hydroxyl groups is 6. The van der Waals surface area contributed by atoms with Gasteiger partial charge < -0.3 is 116 Å². The van der Waals surface area contributed by atoms with Crippen molar-refractivity contribution in [1.82, 2.24) is 0 Å². The minimum Gasteiger partial charge on any atom is -0.460 e. The number of carbonyl (C=O) groups is 6. The summed E-state index contributed by atoms with van der Waals surface area (Å²) in [5, 5.41) is 57.3. The molecule has 18 unspecified atom stereocenters. The molecule has 18 atom stereocenters. The third kappa shape index (κ3) is 64.3. The van der Waals surface area contributed by atoms with Crippen molar-refractivity contribution >= 4 is 35.8 Å². The Kier molecular flexibility index (Phi) is 61.2. The summed E-state index contributed by atoms with van der Waals surface area (Å²) in [4.78, 5) is 65.0. The molecular formula is C83H142O30. The normalized spacial score (nSPS) is 29.0. The van der Waals surface area contributed by atoms with E-state index in [0.717, 1.165) is 212 Å². The van der Waals surface area contributed by atoms with E-state index >= 15 is 0 Å². The quantitative estimate of drug-likeness (QED) is 0.0117. The molecule has 6 aliphatic heterocycles. The lowest BCUT2D eigenvalue weighted by atomic mass is 9.95. The highest BCUT2D eigenvalue weighted by atomic mass is 16.7. The molecule has 12 aliphatic rings. The molecule has 6 saturated carbocycles. The summed E-state index contributed by atoms with van der Waals surface area (Å²) in [6.45, 7) is 43.9. The summed E-state index contributed by atoms with van der Waals surface area (Å²) in [7, 11) is 0. The van der Waals surface area contributed by atoms with E-state index in [0.29, 0.717) is 66.6 Å². The minimum atomic E-state index is -0.504. The first-order chi connectivity index (χ1) is 53.9. The van der Waals surface area contributed by atoms with Gasteiger partial charge in [0, 0.05) is 34.9 Å². The van der Waals surface area contributed by atoms with Crippen LogP contribution in [0.1, 0.15) is 216 Å². The molecule has 654 valence electrons.